The van der Waals surface area contributed by atoms with Crippen molar-refractivity contribution < 1.29 is 4.39 Å². The third-order valence-electron chi connectivity index (χ3n) is 3.17. The average Bonchev–Trinajstić information content (AvgIpc) is 2.40. The molecule has 4 heteroatoms. The van der Waals surface area contributed by atoms with Gasteiger partial charge in [0.25, 0.3) is 0 Å². The molecule has 2 rings (SSSR count). The van der Waals surface area contributed by atoms with Crippen LogP contribution in [0.3, 0.4) is 0 Å². The zero-order valence-corrected chi connectivity index (χ0v) is 13.0. The van der Waals surface area contributed by atoms with Crippen LogP contribution in [-0.4, -0.2) is 11.9 Å². The van der Waals surface area contributed by atoms with Gasteiger partial charge in [-0.15, -0.1) is 0 Å². The molecule has 0 atom stereocenters. The lowest BCUT2D eigenvalue weighted by molar-refractivity contribution is 0.318. The lowest BCUT2D eigenvalue weighted by Crippen LogP contribution is -2.19. The minimum Gasteiger partial charge on any atom is -0.326 e. The molecule has 0 unspecified atom stereocenters. The largest absolute Gasteiger partial charge is 0.326 e. The fourth-order valence-corrected chi connectivity index (χ4v) is 2.68. The lowest BCUT2D eigenvalue weighted by Gasteiger charge is -2.19. The Morgan fingerprint density at radius 2 is 1.90 bits per heavy atom. The zero-order valence-electron chi connectivity index (χ0n) is 11.4. The van der Waals surface area contributed by atoms with E-state index in [1.54, 1.807) is 0 Å². The Hall–Kier alpha value is -1.23. The van der Waals surface area contributed by atoms with Gasteiger partial charge in [-0.1, -0.05) is 34.1 Å². The van der Waals surface area contributed by atoms with Crippen LogP contribution in [0.2, 0.25) is 0 Å². The maximum Gasteiger partial charge on any atom is 0.123 e. The highest BCUT2D eigenvalue weighted by molar-refractivity contribution is 9.10. The molecule has 0 saturated heterocycles. The van der Waals surface area contributed by atoms with E-state index in [4.69, 9.17) is 5.73 Å². The number of hydrogen-bond donors (Lipinski definition) is 1. The van der Waals surface area contributed by atoms with Crippen LogP contribution in [0.15, 0.2) is 46.9 Å². The summed E-state index contributed by atoms with van der Waals surface area (Å²) in [6.45, 7) is 1.94. The summed E-state index contributed by atoms with van der Waals surface area (Å²) < 4.78 is 14.3. The van der Waals surface area contributed by atoms with Crippen LogP contribution >= 0.6 is 15.9 Å². The molecule has 0 amide bonds. The first-order chi connectivity index (χ1) is 9.58. The van der Waals surface area contributed by atoms with E-state index in [-0.39, 0.29) is 5.82 Å². The summed E-state index contributed by atoms with van der Waals surface area (Å²) in [6.07, 6.45) is 0. The van der Waals surface area contributed by atoms with Crippen molar-refractivity contribution in [3.8, 4) is 0 Å². The van der Waals surface area contributed by atoms with Gasteiger partial charge < -0.3 is 5.73 Å². The SMILES string of the molecule is CN(Cc1cccc(Br)c1)Cc1ccc(F)cc1CN. The summed E-state index contributed by atoms with van der Waals surface area (Å²) in [5.74, 6) is -0.233. The Balaban J connectivity index is 2.06. The second-order valence-electron chi connectivity index (χ2n) is 4.92. The van der Waals surface area contributed by atoms with E-state index in [0.717, 1.165) is 28.7 Å². The molecule has 2 N–H and O–H groups in total. The summed E-state index contributed by atoms with van der Waals surface area (Å²) in [4.78, 5) is 2.19. The topological polar surface area (TPSA) is 29.3 Å². The summed E-state index contributed by atoms with van der Waals surface area (Å²) in [6, 6.07) is 13.0. The van der Waals surface area contributed by atoms with E-state index < -0.39 is 0 Å². The summed E-state index contributed by atoms with van der Waals surface area (Å²) >= 11 is 3.47. The smallest absolute Gasteiger partial charge is 0.123 e. The van der Waals surface area contributed by atoms with Crippen molar-refractivity contribution in [2.75, 3.05) is 7.05 Å². The van der Waals surface area contributed by atoms with E-state index >= 15 is 0 Å². The van der Waals surface area contributed by atoms with E-state index in [9.17, 15) is 4.39 Å². The quantitative estimate of drug-likeness (QED) is 0.902. The molecule has 2 nitrogen and oxygen atoms in total. The van der Waals surface area contributed by atoms with Gasteiger partial charge >= 0.3 is 0 Å². The normalized spacial score (nSPS) is 11.1. The number of nitrogens with two attached hydrogens (primary N) is 1. The maximum absolute atomic E-state index is 13.2. The van der Waals surface area contributed by atoms with Gasteiger partial charge in [0.1, 0.15) is 5.82 Å². The minimum absolute atomic E-state index is 0.233. The molecule has 0 heterocycles. The van der Waals surface area contributed by atoms with Crippen LogP contribution < -0.4 is 5.73 Å². The first-order valence-electron chi connectivity index (χ1n) is 6.49. The Labute approximate surface area is 127 Å². The summed E-state index contributed by atoms with van der Waals surface area (Å²) in [5.41, 5.74) is 8.85. The number of benzene rings is 2. The van der Waals surface area contributed by atoms with Crippen LogP contribution in [0.5, 0.6) is 0 Å². The lowest BCUT2D eigenvalue weighted by atomic mass is 10.1. The van der Waals surface area contributed by atoms with Gasteiger partial charge in [0.05, 0.1) is 0 Å². The molecule has 2 aromatic rings. The van der Waals surface area contributed by atoms with Crippen molar-refractivity contribution in [3.63, 3.8) is 0 Å². The highest BCUT2D eigenvalue weighted by atomic mass is 79.9. The van der Waals surface area contributed by atoms with Gasteiger partial charge in [0, 0.05) is 24.1 Å². The van der Waals surface area contributed by atoms with Crippen LogP contribution in [-0.2, 0) is 19.6 Å². The fraction of sp³-hybridized carbons (Fsp3) is 0.250. The molecule has 20 heavy (non-hydrogen) atoms. The summed E-state index contributed by atoms with van der Waals surface area (Å²) in [7, 11) is 2.05. The molecule has 2 aromatic carbocycles. The van der Waals surface area contributed by atoms with Crippen molar-refractivity contribution in [3.05, 3.63) is 69.4 Å². The first-order valence-corrected chi connectivity index (χ1v) is 7.28. The first kappa shape index (κ1) is 15.2. The molecule has 0 saturated carbocycles. The van der Waals surface area contributed by atoms with Gasteiger partial charge in [0.2, 0.25) is 0 Å². The number of halogens is 2. The van der Waals surface area contributed by atoms with Gasteiger partial charge in [0.15, 0.2) is 0 Å². The molecule has 0 radical (unpaired) electrons. The van der Waals surface area contributed by atoms with Crippen molar-refractivity contribution in [1.29, 1.82) is 0 Å². The van der Waals surface area contributed by atoms with E-state index in [1.807, 2.05) is 25.2 Å². The Kier molecular flexibility index (Phi) is 5.29. The van der Waals surface area contributed by atoms with Crippen molar-refractivity contribution >= 4 is 15.9 Å². The number of nitrogens with zero attached hydrogens (tertiary/aromatic N) is 1. The molecule has 0 aliphatic heterocycles. The molecule has 0 aliphatic rings. The van der Waals surface area contributed by atoms with Gasteiger partial charge in [-0.2, -0.15) is 0 Å². The fourth-order valence-electron chi connectivity index (χ4n) is 2.23. The van der Waals surface area contributed by atoms with Gasteiger partial charge in [-0.3, -0.25) is 4.90 Å². The van der Waals surface area contributed by atoms with Crippen molar-refractivity contribution in [2.24, 2.45) is 5.73 Å². The van der Waals surface area contributed by atoms with Crippen LogP contribution in [0.4, 0.5) is 4.39 Å². The molecule has 0 bridgehead atoms. The molecule has 0 spiro atoms. The molecule has 0 aliphatic carbocycles. The predicted octanol–water partition coefficient (Wildman–Crippen LogP) is 3.68. The van der Waals surface area contributed by atoms with Crippen LogP contribution in [0, 0.1) is 5.82 Å². The average molecular weight is 337 g/mol. The van der Waals surface area contributed by atoms with E-state index in [0.29, 0.717) is 6.54 Å². The molecule has 0 fully saturated rings. The minimum atomic E-state index is -0.233. The Morgan fingerprint density at radius 1 is 1.10 bits per heavy atom. The van der Waals surface area contributed by atoms with E-state index in [2.05, 4.69) is 33.0 Å². The predicted molar refractivity (Wildman–Crippen MR) is 83.6 cm³/mol. The third kappa shape index (κ3) is 4.13. The highest BCUT2D eigenvalue weighted by Crippen LogP contribution is 2.16. The third-order valence-corrected chi connectivity index (χ3v) is 3.66. The second-order valence-corrected chi connectivity index (χ2v) is 5.84. The Bertz CT molecular complexity index is 586. The standard InChI is InChI=1S/C16H18BrFN2/c1-20(10-12-3-2-4-15(17)7-12)11-13-5-6-16(18)8-14(13)9-19/h2-8H,9-11,19H2,1H3. The molecular weight excluding hydrogens is 319 g/mol. The zero-order chi connectivity index (χ0) is 14.5. The van der Waals surface area contributed by atoms with Gasteiger partial charge in [-0.05, 0) is 48.0 Å². The molecule has 106 valence electrons. The van der Waals surface area contributed by atoms with Crippen LogP contribution in [0.1, 0.15) is 16.7 Å². The number of rotatable bonds is 5. The molecule has 0 aromatic heterocycles. The van der Waals surface area contributed by atoms with Crippen molar-refractivity contribution in [2.45, 2.75) is 19.6 Å². The maximum atomic E-state index is 13.2. The molecular formula is C16H18BrFN2. The second kappa shape index (κ2) is 6.97. The monoisotopic (exact) mass is 336 g/mol. The summed E-state index contributed by atoms with van der Waals surface area (Å²) in [5, 5.41) is 0. The number of hydrogen-bond acceptors (Lipinski definition) is 2. The highest BCUT2D eigenvalue weighted by Gasteiger charge is 2.07. The van der Waals surface area contributed by atoms with Crippen molar-refractivity contribution in [1.82, 2.24) is 4.90 Å². The van der Waals surface area contributed by atoms with Gasteiger partial charge in [-0.25, -0.2) is 4.39 Å². The van der Waals surface area contributed by atoms with E-state index in [1.165, 1.54) is 17.7 Å². The van der Waals surface area contributed by atoms with Crippen LogP contribution in [0.25, 0.3) is 0 Å². The Morgan fingerprint density at radius 3 is 2.60 bits per heavy atom.